The number of rotatable bonds is 4. The van der Waals surface area contributed by atoms with Crippen LogP contribution in [0, 0.1) is 6.92 Å². The molecular weight excluding hydrogens is 216 g/mol. The molecular formula is C13H16N2S. The highest BCUT2D eigenvalue weighted by Gasteiger charge is 2.07. The summed E-state index contributed by atoms with van der Waals surface area (Å²) < 4.78 is 0. The number of pyridine rings is 1. The molecule has 0 fully saturated rings. The van der Waals surface area contributed by atoms with E-state index in [0.717, 1.165) is 24.2 Å². The van der Waals surface area contributed by atoms with Crippen LogP contribution in [-0.4, -0.2) is 4.98 Å². The Kier molecular flexibility index (Phi) is 3.70. The molecule has 0 spiro atoms. The standard InChI is InChI=1S/C13H16N2S/c1-10-3-2-4-13(15-10)12(14)6-5-11-7-8-16-9-11/h2-4,7-9,12H,5-6,14H2,1H3. The van der Waals surface area contributed by atoms with Crippen molar-refractivity contribution in [1.29, 1.82) is 0 Å². The molecule has 2 aromatic rings. The molecule has 1 unspecified atom stereocenters. The van der Waals surface area contributed by atoms with Gasteiger partial charge in [0.15, 0.2) is 0 Å². The zero-order valence-electron chi connectivity index (χ0n) is 9.39. The predicted octanol–water partition coefficient (Wildman–Crippen LogP) is 3.08. The topological polar surface area (TPSA) is 38.9 Å². The van der Waals surface area contributed by atoms with Crippen LogP contribution in [0.2, 0.25) is 0 Å². The van der Waals surface area contributed by atoms with E-state index in [4.69, 9.17) is 5.73 Å². The fraction of sp³-hybridized carbons (Fsp3) is 0.308. The Balaban J connectivity index is 1.95. The van der Waals surface area contributed by atoms with Crippen LogP contribution in [0.5, 0.6) is 0 Å². The molecule has 0 aromatic carbocycles. The zero-order valence-corrected chi connectivity index (χ0v) is 10.2. The molecule has 0 aliphatic rings. The molecule has 0 amide bonds. The van der Waals surface area contributed by atoms with Crippen LogP contribution in [0.1, 0.15) is 29.4 Å². The summed E-state index contributed by atoms with van der Waals surface area (Å²) in [5, 5.41) is 4.28. The monoisotopic (exact) mass is 232 g/mol. The minimum Gasteiger partial charge on any atom is -0.323 e. The van der Waals surface area contributed by atoms with Crippen molar-refractivity contribution in [1.82, 2.24) is 4.98 Å². The lowest BCUT2D eigenvalue weighted by Gasteiger charge is -2.10. The van der Waals surface area contributed by atoms with Gasteiger partial charge in [-0.05, 0) is 54.3 Å². The van der Waals surface area contributed by atoms with Gasteiger partial charge in [-0.25, -0.2) is 0 Å². The Morgan fingerprint density at radius 2 is 2.25 bits per heavy atom. The molecule has 0 radical (unpaired) electrons. The number of thiophene rings is 1. The first-order chi connectivity index (χ1) is 7.75. The number of hydrogen-bond donors (Lipinski definition) is 1. The lowest BCUT2D eigenvalue weighted by atomic mass is 10.1. The first kappa shape index (κ1) is 11.3. The number of aromatic nitrogens is 1. The van der Waals surface area contributed by atoms with Crippen LogP contribution in [0.25, 0.3) is 0 Å². The summed E-state index contributed by atoms with van der Waals surface area (Å²) in [7, 11) is 0. The van der Waals surface area contributed by atoms with Crippen molar-refractivity contribution < 1.29 is 0 Å². The smallest absolute Gasteiger partial charge is 0.0574 e. The van der Waals surface area contributed by atoms with E-state index in [9.17, 15) is 0 Å². The number of nitrogens with zero attached hydrogens (tertiary/aromatic N) is 1. The molecule has 2 rings (SSSR count). The van der Waals surface area contributed by atoms with Crippen LogP contribution >= 0.6 is 11.3 Å². The van der Waals surface area contributed by atoms with Crippen molar-refractivity contribution in [3.8, 4) is 0 Å². The van der Waals surface area contributed by atoms with Crippen LogP contribution < -0.4 is 5.73 Å². The average molecular weight is 232 g/mol. The predicted molar refractivity (Wildman–Crippen MR) is 68.5 cm³/mol. The van der Waals surface area contributed by atoms with E-state index < -0.39 is 0 Å². The normalized spacial score (nSPS) is 12.6. The molecule has 0 aliphatic heterocycles. The number of hydrogen-bond acceptors (Lipinski definition) is 3. The van der Waals surface area contributed by atoms with Crippen molar-refractivity contribution in [3.05, 3.63) is 52.0 Å². The molecule has 0 saturated carbocycles. The van der Waals surface area contributed by atoms with Gasteiger partial charge in [0.05, 0.1) is 5.69 Å². The Morgan fingerprint density at radius 1 is 1.38 bits per heavy atom. The second-order valence-electron chi connectivity index (χ2n) is 3.98. The van der Waals surface area contributed by atoms with Gasteiger partial charge >= 0.3 is 0 Å². The largest absolute Gasteiger partial charge is 0.323 e. The number of nitrogens with two attached hydrogens (primary N) is 1. The van der Waals surface area contributed by atoms with Gasteiger partial charge in [-0.3, -0.25) is 4.98 Å². The van der Waals surface area contributed by atoms with Crippen molar-refractivity contribution in [2.75, 3.05) is 0 Å². The molecule has 3 heteroatoms. The first-order valence-corrected chi connectivity index (χ1v) is 6.40. The van der Waals surface area contributed by atoms with Gasteiger partial charge < -0.3 is 5.73 Å². The molecule has 2 nitrogen and oxygen atoms in total. The van der Waals surface area contributed by atoms with E-state index in [1.54, 1.807) is 11.3 Å². The fourth-order valence-electron chi connectivity index (χ4n) is 1.68. The highest BCUT2D eigenvalue weighted by atomic mass is 32.1. The third-order valence-electron chi connectivity index (χ3n) is 2.61. The Morgan fingerprint density at radius 3 is 2.94 bits per heavy atom. The summed E-state index contributed by atoms with van der Waals surface area (Å²) in [5.74, 6) is 0. The molecule has 16 heavy (non-hydrogen) atoms. The first-order valence-electron chi connectivity index (χ1n) is 5.46. The molecule has 1 atom stereocenters. The van der Waals surface area contributed by atoms with Crippen LogP contribution in [0.15, 0.2) is 35.0 Å². The summed E-state index contributed by atoms with van der Waals surface area (Å²) in [5.41, 5.74) is 9.52. The van der Waals surface area contributed by atoms with Gasteiger partial charge in [0.1, 0.15) is 0 Å². The third-order valence-corrected chi connectivity index (χ3v) is 3.35. The van der Waals surface area contributed by atoms with E-state index in [1.807, 2.05) is 25.1 Å². The molecule has 2 aromatic heterocycles. The Bertz CT molecular complexity index is 437. The Hall–Kier alpha value is -1.19. The third kappa shape index (κ3) is 2.90. The average Bonchev–Trinajstić information content (AvgIpc) is 2.78. The highest BCUT2D eigenvalue weighted by Crippen LogP contribution is 2.16. The molecule has 2 heterocycles. The second-order valence-corrected chi connectivity index (χ2v) is 4.76. The van der Waals surface area contributed by atoms with E-state index in [1.165, 1.54) is 5.56 Å². The zero-order chi connectivity index (χ0) is 11.4. The van der Waals surface area contributed by atoms with E-state index in [0.29, 0.717) is 0 Å². The maximum absolute atomic E-state index is 6.12. The van der Waals surface area contributed by atoms with E-state index in [2.05, 4.69) is 21.8 Å². The van der Waals surface area contributed by atoms with Crippen LogP contribution in [0.3, 0.4) is 0 Å². The molecule has 0 saturated heterocycles. The summed E-state index contributed by atoms with van der Waals surface area (Å²) in [6, 6.07) is 8.21. The van der Waals surface area contributed by atoms with Crippen molar-refractivity contribution in [2.45, 2.75) is 25.8 Å². The summed E-state index contributed by atoms with van der Waals surface area (Å²) >= 11 is 1.73. The molecule has 2 N–H and O–H groups in total. The quantitative estimate of drug-likeness (QED) is 0.879. The second kappa shape index (κ2) is 5.23. The maximum Gasteiger partial charge on any atom is 0.0574 e. The molecule has 84 valence electrons. The van der Waals surface area contributed by atoms with Crippen molar-refractivity contribution in [2.24, 2.45) is 5.73 Å². The van der Waals surface area contributed by atoms with Gasteiger partial charge in [0.2, 0.25) is 0 Å². The lowest BCUT2D eigenvalue weighted by molar-refractivity contribution is 0.632. The van der Waals surface area contributed by atoms with Crippen LogP contribution in [-0.2, 0) is 6.42 Å². The minimum atomic E-state index is 0.0415. The van der Waals surface area contributed by atoms with E-state index in [-0.39, 0.29) is 6.04 Å². The number of aryl methyl sites for hydroxylation is 2. The van der Waals surface area contributed by atoms with Gasteiger partial charge in [0, 0.05) is 11.7 Å². The van der Waals surface area contributed by atoms with Crippen LogP contribution in [0.4, 0.5) is 0 Å². The Labute approximate surface area is 100 Å². The van der Waals surface area contributed by atoms with Crippen molar-refractivity contribution >= 4 is 11.3 Å². The SMILES string of the molecule is Cc1cccc(C(N)CCc2ccsc2)n1. The highest BCUT2D eigenvalue weighted by molar-refractivity contribution is 7.07. The maximum atomic E-state index is 6.12. The summed E-state index contributed by atoms with van der Waals surface area (Å²) in [4.78, 5) is 4.45. The van der Waals surface area contributed by atoms with Gasteiger partial charge in [-0.2, -0.15) is 11.3 Å². The van der Waals surface area contributed by atoms with Gasteiger partial charge in [0.25, 0.3) is 0 Å². The summed E-state index contributed by atoms with van der Waals surface area (Å²) in [6.07, 6.45) is 1.98. The van der Waals surface area contributed by atoms with Gasteiger partial charge in [-0.15, -0.1) is 0 Å². The summed E-state index contributed by atoms with van der Waals surface area (Å²) in [6.45, 7) is 2.00. The lowest BCUT2D eigenvalue weighted by Crippen LogP contribution is -2.13. The fourth-order valence-corrected chi connectivity index (χ4v) is 2.38. The van der Waals surface area contributed by atoms with Gasteiger partial charge in [-0.1, -0.05) is 6.07 Å². The van der Waals surface area contributed by atoms with Crippen molar-refractivity contribution in [3.63, 3.8) is 0 Å². The molecule has 0 aliphatic carbocycles. The van der Waals surface area contributed by atoms with E-state index >= 15 is 0 Å². The molecule has 0 bridgehead atoms. The minimum absolute atomic E-state index is 0.0415.